The van der Waals surface area contributed by atoms with Crippen LogP contribution in [0.25, 0.3) is 0 Å². The number of carbonyl (C=O) groups is 1. The third kappa shape index (κ3) is 4.75. The molecule has 1 unspecified atom stereocenters. The summed E-state index contributed by atoms with van der Waals surface area (Å²) in [5.41, 5.74) is 0.241. The molecule has 0 heterocycles. The SMILES string of the molecule is CC(CCl)CCCNC(=O)c1ccc(Cl)cc1O. The monoisotopic (exact) mass is 289 g/mol. The summed E-state index contributed by atoms with van der Waals surface area (Å²) in [6.07, 6.45) is 1.84. The first kappa shape index (κ1) is 15.1. The standard InChI is InChI=1S/C13H17Cl2NO2/c1-9(8-14)3-2-6-16-13(18)11-5-4-10(15)7-12(11)17/h4-5,7,9,17H,2-3,6,8H2,1H3,(H,16,18). The van der Waals surface area contributed by atoms with Crippen molar-refractivity contribution in [3.63, 3.8) is 0 Å². The molecule has 0 bridgehead atoms. The molecule has 18 heavy (non-hydrogen) atoms. The summed E-state index contributed by atoms with van der Waals surface area (Å²) >= 11 is 11.4. The van der Waals surface area contributed by atoms with E-state index in [9.17, 15) is 9.90 Å². The molecule has 0 saturated heterocycles. The van der Waals surface area contributed by atoms with Crippen LogP contribution in [0.2, 0.25) is 5.02 Å². The van der Waals surface area contributed by atoms with Gasteiger partial charge in [0.2, 0.25) is 0 Å². The number of rotatable bonds is 6. The quantitative estimate of drug-likeness (QED) is 0.623. The van der Waals surface area contributed by atoms with Gasteiger partial charge in [-0.2, -0.15) is 0 Å². The van der Waals surface area contributed by atoms with Crippen LogP contribution >= 0.6 is 23.2 Å². The van der Waals surface area contributed by atoms with E-state index in [1.165, 1.54) is 12.1 Å². The summed E-state index contributed by atoms with van der Waals surface area (Å²) in [5, 5.41) is 12.7. The molecule has 0 fully saturated rings. The molecule has 0 aliphatic heterocycles. The Balaban J connectivity index is 2.41. The Hall–Kier alpha value is -0.930. The van der Waals surface area contributed by atoms with Gasteiger partial charge in [0.05, 0.1) is 5.56 Å². The number of phenolic OH excluding ortho intramolecular Hbond substituents is 1. The molecule has 0 aliphatic carbocycles. The van der Waals surface area contributed by atoms with Crippen molar-refractivity contribution < 1.29 is 9.90 Å². The van der Waals surface area contributed by atoms with E-state index >= 15 is 0 Å². The Morgan fingerprint density at radius 2 is 2.22 bits per heavy atom. The molecule has 1 amide bonds. The van der Waals surface area contributed by atoms with Crippen LogP contribution in [-0.2, 0) is 0 Å². The van der Waals surface area contributed by atoms with E-state index in [2.05, 4.69) is 12.2 Å². The number of carbonyl (C=O) groups excluding carboxylic acids is 1. The number of hydrogen-bond acceptors (Lipinski definition) is 2. The number of amides is 1. The first-order valence-electron chi connectivity index (χ1n) is 5.87. The van der Waals surface area contributed by atoms with Gasteiger partial charge < -0.3 is 10.4 Å². The maximum absolute atomic E-state index is 11.8. The maximum Gasteiger partial charge on any atom is 0.255 e. The van der Waals surface area contributed by atoms with Crippen molar-refractivity contribution in [1.29, 1.82) is 0 Å². The fourth-order valence-corrected chi connectivity index (χ4v) is 1.84. The van der Waals surface area contributed by atoms with Gasteiger partial charge in [-0.05, 0) is 37.0 Å². The molecule has 100 valence electrons. The van der Waals surface area contributed by atoms with Gasteiger partial charge in [-0.15, -0.1) is 11.6 Å². The van der Waals surface area contributed by atoms with Crippen molar-refractivity contribution >= 4 is 29.1 Å². The zero-order valence-electron chi connectivity index (χ0n) is 10.2. The smallest absolute Gasteiger partial charge is 0.255 e. The molecule has 0 aliphatic rings. The highest BCUT2D eigenvalue weighted by Crippen LogP contribution is 2.21. The second-order valence-electron chi connectivity index (χ2n) is 4.32. The van der Waals surface area contributed by atoms with E-state index in [1.54, 1.807) is 6.07 Å². The molecular formula is C13H17Cl2NO2. The zero-order valence-corrected chi connectivity index (χ0v) is 11.8. The molecule has 0 radical (unpaired) electrons. The first-order valence-corrected chi connectivity index (χ1v) is 6.78. The van der Waals surface area contributed by atoms with Gasteiger partial charge in [0.25, 0.3) is 5.91 Å². The molecule has 1 aromatic carbocycles. The van der Waals surface area contributed by atoms with Gasteiger partial charge in [0, 0.05) is 17.4 Å². The Bertz CT molecular complexity index is 410. The van der Waals surface area contributed by atoms with Crippen molar-refractivity contribution in [3.8, 4) is 5.75 Å². The minimum Gasteiger partial charge on any atom is -0.507 e. The third-order valence-electron chi connectivity index (χ3n) is 2.63. The van der Waals surface area contributed by atoms with E-state index in [1.807, 2.05) is 0 Å². The molecule has 0 spiro atoms. The predicted molar refractivity (Wildman–Crippen MR) is 74.6 cm³/mol. The molecular weight excluding hydrogens is 273 g/mol. The lowest BCUT2D eigenvalue weighted by atomic mass is 10.1. The van der Waals surface area contributed by atoms with Crippen LogP contribution in [0.5, 0.6) is 5.75 Å². The van der Waals surface area contributed by atoms with E-state index in [0.29, 0.717) is 23.4 Å². The number of aromatic hydroxyl groups is 1. The fraction of sp³-hybridized carbons (Fsp3) is 0.462. The minimum atomic E-state index is -0.289. The summed E-state index contributed by atoms with van der Waals surface area (Å²) in [6, 6.07) is 4.44. The van der Waals surface area contributed by atoms with E-state index in [4.69, 9.17) is 23.2 Å². The van der Waals surface area contributed by atoms with Crippen molar-refractivity contribution in [1.82, 2.24) is 5.32 Å². The number of alkyl halides is 1. The molecule has 1 rings (SSSR count). The second-order valence-corrected chi connectivity index (χ2v) is 5.06. The first-order chi connectivity index (χ1) is 8.54. The number of phenols is 1. The summed E-state index contributed by atoms with van der Waals surface area (Å²) in [5.74, 6) is 0.690. The van der Waals surface area contributed by atoms with E-state index in [0.717, 1.165) is 12.8 Å². The number of hydrogen-bond donors (Lipinski definition) is 2. The van der Waals surface area contributed by atoms with Gasteiger partial charge in [-0.25, -0.2) is 0 Å². The van der Waals surface area contributed by atoms with Crippen LogP contribution < -0.4 is 5.32 Å². The lowest BCUT2D eigenvalue weighted by Crippen LogP contribution is -2.24. The molecule has 1 aromatic rings. The number of nitrogens with one attached hydrogen (secondary N) is 1. The van der Waals surface area contributed by atoms with E-state index in [-0.39, 0.29) is 17.2 Å². The lowest BCUT2D eigenvalue weighted by molar-refractivity contribution is 0.0950. The van der Waals surface area contributed by atoms with Crippen molar-refractivity contribution in [2.75, 3.05) is 12.4 Å². The van der Waals surface area contributed by atoms with Crippen LogP contribution in [0.4, 0.5) is 0 Å². The van der Waals surface area contributed by atoms with Crippen molar-refractivity contribution in [2.45, 2.75) is 19.8 Å². The second kappa shape index (κ2) is 7.49. The van der Waals surface area contributed by atoms with Gasteiger partial charge in [-0.3, -0.25) is 4.79 Å². The average Bonchev–Trinajstić information content (AvgIpc) is 2.34. The minimum absolute atomic E-state index is 0.103. The molecule has 1 atom stereocenters. The maximum atomic E-state index is 11.8. The van der Waals surface area contributed by atoms with E-state index < -0.39 is 0 Å². The largest absolute Gasteiger partial charge is 0.507 e. The zero-order chi connectivity index (χ0) is 13.5. The highest BCUT2D eigenvalue weighted by Gasteiger charge is 2.10. The summed E-state index contributed by atoms with van der Waals surface area (Å²) in [4.78, 5) is 11.8. The topological polar surface area (TPSA) is 49.3 Å². The molecule has 3 nitrogen and oxygen atoms in total. The summed E-state index contributed by atoms with van der Waals surface area (Å²) < 4.78 is 0. The Morgan fingerprint density at radius 1 is 1.50 bits per heavy atom. The highest BCUT2D eigenvalue weighted by molar-refractivity contribution is 6.30. The summed E-state index contributed by atoms with van der Waals surface area (Å²) in [7, 11) is 0. The van der Waals surface area contributed by atoms with Crippen LogP contribution in [0.3, 0.4) is 0 Å². The van der Waals surface area contributed by atoms with Gasteiger partial charge >= 0.3 is 0 Å². The van der Waals surface area contributed by atoms with Gasteiger partial charge in [0.15, 0.2) is 0 Å². The predicted octanol–water partition coefficient (Wildman–Crippen LogP) is 3.43. The van der Waals surface area contributed by atoms with Crippen LogP contribution in [0, 0.1) is 5.92 Å². The van der Waals surface area contributed by atoms with Crippen molar-refractivity contribution in [3.05, 3.63) is 28.8 Å². The Morgan fingerprint density at radius 3 is 2.83 bits per heavy atom. The Labute approximate surface area is 117 Å². The van der Waals surface area contributed by atoms with Gasteiger partial charge in [-0.1, -0.05) is 18.5 Å². The number of halogens is 2. The van der Waals surface area contributed by atoms with Crippen LogP contribution in [0.15, 0.2) is 18.2 Å². The molecule has 0 aromatic heterocycles. The van der Waals surface area contributed by atoms with Gasteiger partial charge in [0.1, 0.15) is 5.75 Å². The Kier molecular flexibility index (Phi) is 6.30. The molecule has 0 saturated carbocycles. The number of benzene rings is 1. The fourth-order valence-electron chi connectivity index (χ4n) is 1.52. The lowest BCUT2D eigenvalue weighted by Gasteiger charge is -2.09. The third-order valence-corrected chi connectivity index (χ3v) is 3.39. The van der Waals surface area contributed by atoms with Crippen molar-refractivity contribution in [2.24, 2.45) is 5.92 Å². The highest BCUT2D eigenvalue weighted by atomic mass is 35.5. The normalized spacial score (nSPS) is 12.2. The van der Waals surface area contributed by atoms with Crippen LogP contribution in [0.1, 0.15) is 30.1 Å². The molecule has 2 N–H and O–H groups in total. The van der Waals surface area contributed by atoms with Crippen LogP contribution in [-0.4, -0.2) is 23.4 Å². The molecule has 5 heteroatoms. The average molecular weight is 290 g/mol. The summed E-state index contributed by atoms with van der Waals surface area (Å²) in [6.45, 7) is 2.64.